The molecule has 3 heterocycles. The lowest BCUT2D eigenvalue weighted by molar-refractivity contribution is -0.0892. The Balaban J connectivity index is 1.47. The van der Waals surface area contributed by atoms with E-state index in [-0.39, 0.29) is 23.9 Å². The Labute approximate surface area is 170 Å². The summed E-state index contributed by atoms with van der Waals surface area (Å²) in [5.74, 6) is -0.265. The number of rotatable bonds is 3. The van der Waals surface area contributed by atoms with Crippen molar-refractivity contribution in [3.8, 4) is 0 Å². The van der Waals surface area contributed by atoms with E-state index in [4.69, 9.17) is 14.5 Å². The predicted molar refractivity (Wildman–Crippen MR) is 112 cm³/mol. The molecule has 1 fully saturated rings. The highest BCUT2D eigenvalue weighted by Gasteiger charge is 2.25. The van der Waals surface area contributed by atoms with E-state index in [1.54, 1.807) is 24.3 Å². The lowest BCUT2D eigenvalue weighted by atomic mass is 10.0. The number of ketones is 1. The highest BCUT2D eigenvalue weighted by Crippen LogP contribution is 2.24. The van der Waals surface area contributed by atoms with Crippen molar-refractivity contribution in [3.63, 3.8) is 0 Å². The number of hydrogen-bond donors (Lipinski definition) is 1. The molecule has 0 saturated carbocycles. The summed E-state index contributed by atoms with van der Waals surface area (Å²) >= 11 is 1.34. The van der Waals surface area contributed by atoms with E-state index in [2.05, 4.69) is 5.32 Å². The number of nitrogens with zero attached hydrogens (tertiary/aromatic N) is 1. The van der Waals surface area contributed by atoms with E-state index in [0.29, 0.717) is 29.3 Å². The van der Waals surface area contributed by atoms with Crippen molar-refractivity contribution in [1.82, 2.24) is 4.98 Å². The number of anilines is 1. The van der Waals surface area contributed by atoms with Crippen LogP contribution in [0.4, 0.5) is 5.69 Å². The summed E-state index contributed by atoms with van der Waals surface area (Å²) in [7, 11) is 0. The fourth-order valence-electron chi connectivity index (χ4n) is 3.57. The van der Waals surface area contributed by atoms with Gasteiger partial charge in [-0.1, -0.05) is 12.1 Å². The first-order chi connectivity index (χ1) is 14.1. The number of amides is 1. The zero-order valence-electron chi connectivity index (χ0n) is 15.7. The molecule has 146 valence electrons. The molecule has 0 radical (unpaired) electrons. The molecule has 2 unspecified atom stereocenters. The maximum Gasteiger partial charge on any atom is 0.265 e. The standard InChI is InChI=1S/C22H18N2O4S/c1-12(25)13-3-2-4-16(8-13)23-21(26)20-10-15-7-14-9-18-19(28-6-5-27-18)11-17(14)24-22(15)29-20/h2-4,7-11,18-19H,5-6H2,1H3,(H,23,26). The van der Waals surface area contributed by atoms with Crippen molar-refractivity contribution in [2.75, 3.05) is 18.5 Å². The zero-order chi connectivity index (χ0) is 20.0. The minimum absolute atomic E-state index is 0.0428. The molecule has 0 spiro atoms. The number of ether oxygens (including phenoxy) is 2. The molecule has 1 amide bonds. The van der Waals surface area contributed by atoms with Gasteiger partial charge in [0.1, 0.15) is 17.0 Å². The maximum atomic E-state index is 12.7. The molecule has 0 bridgehead atoms. The fraction of sp³-hybridized carbons (Fsp3) is 0.227. The number of carbonyl (C=O) groups excluding carboxylic acids is 2. The topological polar surface area (TPSA) is 77.5 Å². The number of fused-ring (bicyclic) bond motifs is 3. The predicted octanol–water partition coefficient (Wildman–Crippen LogP) is 2.11. The van der Waals surface area contributed by atoms with E-state index in [1.165, 1.54) is 18.3 Å². The number of thiophene rings is 1. The molecule has 5 rings (SSSR count). The van der Waals surface area contributed by atoms with Gasteiger partial charge in [-0.25, -0.2) is 4.98 Å². The molecule has 1 N–H and O–H groups in total. The first-order valence-corrected chi connectivity index (χ1v) is 10.2. The lowest BCUT2D eigenvalue weighted by Gasteiger charge is -2.29. The molecule has 1 aliphatic carbocycles. The third-order valence-corrected chi connectivity index (χ3v) is 6.06. The van der Waals surface area contributed by atoms with Crippen LogP contribution in [-0.4, -0.2) is 42.1 Å². The van der Waals surface area contributed by atoms with E-state index >= 15 is 0 Å². The third kappa shape index (κ3) is 3.48. The van der Waals surface area contributed by atoms with Crippen LogP contribution in [-0.2, 0) is 9.47 Å². The molecule has 3 aromatic rings. The summed E-state index contributed by atoms with van der Waals surface area (Å²) in [4.78, 5) is 30.4. The highest BCUT2D eigenvalue weighted by atomic mass is 32.1. The van der Waals surface area contributed by atoms with Gasteiger partial charge in [-0.2, -0.15) is 0 Å². The highest BCUT2D eigenvalue weighted by molar-refractivity contribution is 7.20. The Morgan fingerprint density at radius 2 is 1.90 bits per heavy atom. The second-order valence-electron chi connectivity index (χ2n) is 7.06. The minimum Gasteiger partial charge on any atom is -0.369 e. The van der Waals surface area contributed by atoms with Gasteiger partial charge < -0.3 is 14.8 Å². The Morgan fingerprint density at radius 3 is 2.69 bits per heavy atom. The number of benzene rings is 1. The van der Waals surface area contributed by atoms with Crippen molar-refractivity contribution in [2.45, 2.75) is 19.1 Å². The van der Waals surface area contributed by atoms with Crippen molar-refractivity contribution >= 4 is 51.1 Å². The number of pyridine rings is 1. The lowest BCUT2D eigenvalue weighted by Crippen LogP contribution is -2.45. The first kappa shape index (κ1) is 18.2. The van der Waals surface area contributed by atoms with Crippen molar-refractivity contribution in [2.24, 2.45) is 0 Å². The smallest absolute Gasteiger partial charge is 0.265 e. The summed E-state index contributed by atoms with van der Waals surface area (Å²) < 4.78 is 11.5. The Hall–Kier alpha value is -2.87. The van der Waals surface area contributed by atoms with Crippen molar-refractivity contribution in [3.05, 3.63) is 57.4 Å². The number of nitrogens with one attached hydrogen (secondary N) is 1. The van der Waals surface area contributed by atoms with Crippen LogP contribution in [0.2, 0.25) is 0 Å². The minimum atomic E-state index is -0.222. The van der Waals surface area contributed by atoms with Crippen LogP contribution >= 0.6 is 11.3 Å². The molecule has 1 aliphatic heterocycles. The average molecular weight is 406 g/mol. The summed E-state index contributed by atoms with van der Waals surface area (Å²) in [6, 6.07) is 10.8. The molecule has 29 heavy (non-hydrogen) atoms. The largest absolute Gasteiger partial charge is 0.369 e. The monoisotopic (exact) mass is 406 g/mol. The van der Waals surface area contributed by atoms with Gasteiger partial charge in [0, 0.05) is 16.6 Å². The van der Waals surface area contributed by atoms with E-state index in [0.717, 1.165) is 20.8 Å². The number of hydrogen-bond acceptors (Lipinski definition) is 6. The van der Waals surface area contributed by atoms with Crippen molar-refractivity contribution in [1.29, 1.82) is 0 Å². The van der Waals surface area contributed by atoms with Crippen LogP contribution in [0, 0.1) is 0 Å². The van der Waals surface area contributed by atoms with Crippen LogP contribution in [0.3, 0.4) is 0 Å². The van der Waals surface area contributed by atoms with Crippen molar-refractivity contribution < 1.29 is 19.1 Å². The Morgan fingerprint density at radius 1 is 1.10 bits per heavy atom. The normalized spacial score (nSPS) is 20.2. The molecule has 1 aromatic carbocycles. The van der Waals surface area contributed by atoms with Gasteiger partial charge in [0.25, 0.3) is 5.91 Å². The van der Waals surface area contributed by atoms with Crippen LogP contribution in [0.1, 0.15) is 27.0 Å². The average Bonchev–Trinajstić information content (AvgIpc) is 3.13. The third-order valence-electron chi connectivity index (χ3n) is 5.01. The second-order valence-corrected chi connectivity index (χ2v) is 8.09. The summed E-state index contributed by atoms with van der Waals surface area (Å²) in [5.41, 5.74) is 1.15. The number of carbonyl (C=O) groups is 2. The van der Waals surface area contributed by atoms with E-state index in [9.17, 15) is 9.59 Å². The number of Topliss-reactive ketones (excluding diaryl/α,β-unsaturated/α-hetero) is 1. The molecular weight excluding hydrogens is 388 g/mol. The van der Waals surface area contributed by atoms with E-state index < -0.39 is 0 Å². The summed E-state index contributed by atoms with van der Waals surface area (Å²) in [6.45, 7) is 2.67. The Kier molecular flexibility index (Phi) is 4.50. The maximum absolute atomic E-state index is 12.7. The van der Waals surface area contributed by atoms with Crippen LogP contribution in [0.25, 0.3) is 22.4 Å². The second kappa shape index (κ2) is 7.18. The molecule has 2 aliphatic rings. The van der Waals surface area contributed by atoms with Gasteiger partial charge in [-0.3, -0.25) is 9.59 Å². The molecule has 2 aromatic heterocycles. The summed E-state index contributed by atoms with van der Waals surface area (Å²) in [6.07, 6.45) is 3.82. The van der Waals surface area contributed by atoms with Gasteiger partial charge in [-0.05, 0) is 48.6 Å². The zero-order valence-corrected chi connectivity index (χ0v) is 16.5. The fourth-order valence-corrected chi connectivity index (χ4v) is 4.48. The first-order valence-electron chi connectivity index (χ1n) is 9.37. The van der Waals surface area contributed by atoms with Gasteiger partial charge in [0.05, 0.1) is 23.4 Å². The van der Waals surface area contributed by atoms with Gasteiger partial charge in [0.15, 0.2) is 5.78 Å². The molecular formula is C22H18N2O4S. The molecule has 6 nitrogen and oxygen atoms in total. The summed E-state index contributed by atoms with van der Waals surface area (Å²) in [5, 5.41) is 5.62. The van der Waals surface area contributed by atoms with E-state index in [1.807, 2.05) is 24.3 Å². The quantitative estimate of drug-likeness (QED) is 0.674. The van der Waals surface area contributed by atoms with Gasteiger partial charge >= 0.3 is 0 Å². The Bertz CT molecular complexity index is 1200. The van der Waals surface area contributed by atoms with Crippen LogP contribution < -0.4 is 15.9 Å². The van der Waals surface area contributed by atoms with Gasteiger partial charge in [0.2, 0.25) is 0 Å². The van der Waals surface area contributed by atoms with Crippen LogP contribution in [0.5, 0.6) is 0 Å². The number of aromatic nitrogens is 1. The molecule has 7 heteroatoms. The SMILES string of the molecule is CC(=O)c1cccc(NC(=O)c2cc3cc4c(nc3s2)=CC2OCCOC2C=4)c1. The van der Waals surface area contributed by atoms with Crippen LogP contribution in [0.15, 0.2) is 36.4 Å². The molecule has 2 atom stereocenters. The van der Waals surface area contributed by atoms with Gasteiger partial charge in [-0.15, -0.1) is 11.3 Å². The molecule has 1 saturated heterocycles.